The van der Waals surface area contributed by atoms with Crippen molar-refractivity contribution in [3.05, 3.63) is 93.8 Å². The minimum atomic E-state index is -0.980. The summed E-state index contributed by atoms with van der Waals surface area (Å²) in [6.45, 7) is 0. The van der Waals surface area contributed by atoms with E-state index < -0.39 is 11.8 Å². The van der Waals surface area contributed by atoms with Crippen LogP contribution in [0, 0.1) is 17.8 Å². The summed E-state index contributed by atoms with van der Waals surface area (Å²) in [6.07, 6.45) is 5.09. The number of benzene rings is 2. The Morgan fingerprint density at radius 3 is 2.47 bits per heavy atom. The van der Waals surface area contributed by atoms with Gasteiger partial charge in [-0.2, -0.15) is 0 Å². The van der Waals surface area contributed by atoms with E-state index in [4.69, 9.17) is 14.2 Å². The van der Waals surface area contributed by atoms with Crippen LogP contribution < -0.4 is 20.2 Å². The molecule has 4 aliphatic rings. The summed E-state index contributed by atoms with van der Waals surface area (Å²) in [6, 6.07) is 17.7. The first-order valence-corrected chi connectivity index (χ1v) is 15.3. The second kappa shape index (κ2) is 11.3. The fourth-order valence-corrected chi connectivity index (χ4v) is 8.12. The Morgan fingerprint density at radius 1 is 1.02 bits per heavy atom. The summed E-state index contributed by atoms with van der Waals surface area (Å²) in [5, 5.41) is 14.6. The number of rotatable bonds is 7. The van der Waals surface area contributed by atoms with E-state index in [0.29, 0.717) is 39.5 Å². The van der Waals surface area contributed by atoms with Crippen molar-refractivity contribution in [3.63, 3.8) is 0 Å². The van der Waals surface area contributed by atoms with Crippen LogP contribution in [0.1, 0.15) is 53.6 Å². The molecule has 2 N–H and O–H groups in total. The number of nitrogens with zero attached hydrogens (tertiary/aromatic N) is 2. The number of hydrogen-bond donors (Lipinski definition) is 2. The zero-order valence-electron chi connectivity index (χ0n) is 25.2. The summed E-state index contributed by atoms with van der Waals surface area (Å²) >= 11 is 0. The molecule has 4 fully saturated rings. The summed E-state index contributed by atoms with van der Waals surface area (Å²) in [5.41, 5.74) is 1.31. The Balaban J connectivity index is 1.24. The highest BCUT2D eigenvalue weighted by Crippen LogP contribution is 2.55. The highest BCUT2D eigenvalue weighted by atomic mass is 16.7. The molecule has 0 radical (unpaired) electrons. The number of hydrogen-bond acceptors (Lipinski definition) is 8. The zero-order valence-corrected chi connectivity index (χ0v) is 25.2. The lowest BCUT2D eigenvalue weighted by molar-refractivity contribution is -0.136. The van der Waals surface area contributed by atoms with Crippen molar-refractivity contribution in [1.82, 2.24) is 14.9 Å². The molecule has 2 heterocycles. The molecule has 45 heavy (non-hydrogen) atoms. The van der Waals surface area contributed by atoms with Gasteiger partial charge in [0.15, 0.2) is 11.1 Å². The first kappa shape index (κ1) is 29.0. The van der Waals surface area contributed by atoms with Crippen LogP contribution in [0.2, 0.25) is 0 Å². The van der Waals surface area contributed by atoms with Gasteiger partial charge in [-0.05, 0) is 91.8 Å². The normalized spacial score (nSPS) is 24.8. The van der Waals surface area contributed by atoms with Crippen LogP contribution in [0.15, 0.2) is 71.7 Å². The lowest BCUT2D eigenvalue weighted by atomic mass is 9.52. The molecule has 8 rings (SSSR count). The largest absolute Gasteiger partial charge is 0.514 e. The number of para-hydroxylation sites is 1. The molecule has 3 unspecified atom stereocenters. The fourth-order valence-electron chi connectivity index (χ4n) is 8.12. The highest BCUT2D eigenvalue weighted by molar-refractivity contribution is 5.95. The third-order valence-electron chi connectivity index (χ3n) is 9.79. The van der Waals surface area contributed by atoms with Gasteiger partial charge in [0.2, 0.25) is 5.88 Å². The average molecular weight is 610 g/mol. The number of nitrogens with one attached hydrogen (secondary N) is 1. The van der Waals surface area contributed by atoms with Crippen molar-refractivity contribution in [3.8, 4) is 17.3 Å². The van der Waals surface area contributed by atoms with Gasteiger partial charge in [-0.3, -0.25) is 14.2 Å². The van der Waals surface area contributed by atoms with Crippen LogP contribution >= 0.6 is 0 Å². The molecule has 4 aromatic rings. The van der Waals surface area contributed by atoms with E-state index in [9.17, 15) is 19.5 Å². The van der Waals surface area contributed by atoms with Gasteiger partial charge in [0.1, 0.15) is 5.75 Å². The molecule has 2 aromatic heterocycles. The van der Waals surface area contributed by atoms with Gasteiger partial charge in [0.05, 0.1) is 36.5 Å². The molecule has 0 saturated heterocycles. The van der Waals surface area contributed by atoms with Gasteiger partial charge in [0, 0.05) is 24.2 Å². The number of carbonyl (C=O) groups is 2. The second-order valence-corrected chi connectivity index (χ2v) is 12.6. The van der Waals surface area contributed by atoms with Crippen molar-refractivity contribution in [2.24, 2.45) is 17.8 Å². The van der Waals surface area contributed by atoms with Crippen LogP contribution in [-0.4, -0.2) is 52.6 Å². The fraction of sp³-hybridized carbons (Fsp3) is 0.371. The van der Waals surface area contributed by atoms with E-state index in [-0.39, 0.29) is 47.1 Å². The Morgan fingerprint density at radius 2 is 1.78 bits per heavy atom. The molecular formula is C35H35N3O7. The first-order chi connectivity index (χ1) is 21.8. The molecule has 4 bridgehead atoms. The lowest BCUT2D eigenvalue weighted by Gasteiger charge is -2.58. The zero-order chi connectivity index (χ0) is 31.3. The molecule has 0 spiro atoms. The number of fused-ring (bicyclic) bond motifs is 1. The first-order valence-electron chi connectivity index (χ1n) is 15.3. The van der Waals surface area contributed by atoms with Gasteiger partial charge < -0.3 is 24.6 Å². The van der Waals surface area contributed by atoms with Gasteiger partial charge in [0.25, 0.3) is 5.91 Å². The van der Waals surface area contributed by atoms with Crippen LogP contribution in [0.4, 0.5) is 4.79 Å². The maximum absolute atomic E-state index is 13.9. The second-order valence-electron chi connectivity index (χ2n) is 12.6. The van der Waals surface area contributed by atoms with Crippen molar-refractivity contribution in [2.45, 2.75) is 50.2 Å². The van der Waals surface area contributed by atoms with E-state index >= 15 is 0 Å². The number of aliphatic hydroxyl groups is 1. The van der Waals surface area contributed by atoms with Gasteiger partial charge in [-0.1, -0.05) is 24.3 Å². The number of ether oxygens (including phenoxy) is 3. The molecular weight excluding hydrogens is 574 g/mol. The predicted octanol–water partition coefficient (Wildman–Crippen LogP) is 4.80. The van der Waals surface area contributed by atoms with E-state index in [2.05, 4.69) is 10.3 Å². The SMILES string of the molecule is COC(=O)Oc1c(Cc2ccc(C(=O)NC3[C@@H]4CC5C[C@H]3CC(O)(C5)C4)cc2OC)c(=O)c2cccnc2n1-c1ccccc1. The Hall–Kier alpha value is -4.70. The Kier molecular flexibility index (Phi) is 7.32. The third-order valence-corrected chi connectivity index (χ3v) is 9.79. The maximum Gasteiger partial charge on any atom is 0.514 e. The molecule has 10 heteroatoms. The molecule has 5 atom stereocenters. The quantitative estimate of drug-likeness (QED) is 0.286. The molecule has 10 nitrogen and oxygen atoms in total. The summed E-state index contributed by atoms with van der Waals surface area (Å²) < 4.78 is 17.8. The molecule has 1 amide bonds. The van der Waals surface area contributed by atoms with Crippen LogP contribution in [-0.2, 0) is 11.2 Å². The van der Waals surface area contributed by atoms with Gasteiger partial charge in [-0.25, -0.2) is 9.78 Å². The topological polar surface area (TPSA) is 129 Å². The highest BCUT2D eigenvalue weighted by Gasteiger charge is 2.55. The van der Waals surface area contributed by atoms with E-state index in [1.54, 1.807) is 41.1 Å². The van der Waals surface area contributed by atoms with Crippen LogP contribution in [0.3, 0.4) is 0 Å². The monoisotopic (exact) mass is 609 g/mol. The van der Waals surface area contributed by atoms with Crippen molar-refractivity contribution in [2.75, 3.05) is 14.2 Å². The molecule has 2 aromatic carbocycles. The Labute approximate surface area is 260 Å². The summed E-state index contributed by atoms with van der Waals surface area (Å²) in [7, 11) is 2.71. The minimum Gasteiger partial charge on any atom is -0.496 e. The standard InChI is InChI=1S/C35H35N3O7/c1-43-28-16-22(32(40)37-29-23-13-20-14-24(29)19-35(42,17-20)18-23)11-10-21(28)15-27-30(39)26-9-6-12-36-31(26)38(25-7-4-3-5-8-25)33(27)45-34(41)44-2/h3-12,16,20,23-24,29,42H,13-15,17-19H2,1-2H3,(H,37,40)/t20?,23-,24+,29?,35?. The summed E-state index contributed by atoms with van der Waals surface area (Å²) in [5.74, 6) is 1.33. The van der Waals surface area contributed by atoms with Crippen molar-refractivity contribution >= 4 is 23.1 Å². The Bertz CT molecular complexity index is 1840. The van der Waals surface area contributed by atoms with Gasteiger partial charge in [-0.15, -0.1) is 0 Å². The molecule has 0 aliphatic heterocycles. The van der Waals surface area contributed by atoms with E-state index in [1.807, 2.05) is 30.3 Å². The number of carbonyl (C=O) groups excluding carboxylic acids is 2. The number of methoxy groups -OCH3 is 2. The number of aromatic nitrogens is 2. The van der Waals surface area contributed by atoms with Gasteiger partial charge >= 0.3 is 6.16 Å². The van der Waals surface area contributed by atoms with Crippen molar-refractivity contribution < 1.29 is 28.9 Å². The number of amides is 1. The van der Waals surface area contributed by atoms with Crippen LogP contribution in [0.5, 0.6) is 11.6 Å². The minimum absolute atomic E-state index is 0.0170. The van der Waals surface area contributed by atoms with Crippen molar-refractivity contribution in [1.29, 1.82) is 0 Å². The summed E-state index contributed by atoms with van der Waals surface area (Å²) in [4.78, 5) is 44.4. The predicted molar refractivity (Wildman–Crippen MR) is 166 cm³/mol. The van der Waals surface area contributed by atoms with Crippen LogP contribution in [0.25, 0.3) is 16.7 Å². The van der Waals surface area contributed by atoms with E-state index in [1.165, 1.54) is 14.2 Å². The number of pyridine rings is 2. The lowest BCUT2D eigenvalue weighted by Crippen LogP contribution is -2.61. The maximum atomic E-state index is 13.9. The third kappa shape index (κ3) is 5.22. The molecule has 4 saturated carbocycles. The average Bonchev–Trinajstić information content (AvgIpc) is 3.04. The van der Waals surface area contributed by atoms with E-state index in [0.717, 1.165) is 32.1 Å². The molecule has 4 aliphatic carbocycles. The smallest absolute Gasteiger partial charge is 0.496 e. The molecule has 232 valence electrons.